The second kappa shape index (κ2) is 8.01. The molecule has 0 fully saturated rings. The van der Waals surface area contributed by atoms with Crippen molar-refractivity contribution in [1.82, 2.24) is 15.1 Å². The van der Waals surface area contributed by atoms with E-state index in [1.807, 2.05) is 19.1 Å². The lowest BCUT2D eigenvalue weighted by Crippen LogP contribution is -2.35. The zero-order valence-electron chi connectivity index (χ0n) is 14.2. The van der Waals surface area contributed by atoms with Crippen LogP contribution in [0.25, 0.3) is 10.8 Å². The summed E-state index contributed by atoms with van der Waals surface area (Å²) in [5.74, 6) is 0.376. The summed E-state index contributed by atoms with van der Waals surface area (Å²) in [7, 11) is 0. The number of ether oxygens (including phenoxy) is 1. The quantitative estimate of drug-likeness (QED) is 0.676. The van der Waals surface area contributed by atoms with Gasteiger partial charge in [0, 0.05) is 10.4 Å². The summed E-state index contributed by atoms with van der Waals surface area (Å²) >= 11 is 5.81. The van der Waals surface area contributed by atoms with Crippen molar-refractivity contribution in [2.24, 2.45) is 0 Å². The van der Waals surface area contributed by atoms with E-state index < -0.39 is 0 Å². The molecular weight excluding hydrogens is 354 g/mol. The standard InChI is InChI=1S/C19H18ClN3O3/c1-13-16-4-2-3-5-17(16)19(25)23(22-13)12-18(24)21-10-11-26-15-8-6-14(20)7-9-15/h2-9H,10-12H2,1H3,(H,21,24). The van der Waals surface area contributed by atoms with Crippen LogP contribution in [0.15, 0.2) is 53.3 Å². The van der Waals surface area contributed by atoms with E-state index in [0.29, 0.717) is 35.0 Å². The SMILES string of the molecule is Cc1nn(CC(=O)NCCOc2ccc(Cl)cc2)c(=O)c2ccccc12. The van der Waals surface area contributed by atoms with Crippen molar-refractivity contribution in [2.75, 3.05) is 13.2 Å². The highest BCUT2D eigenvalue weighted by atomic mass is 35.5. The van der Waals surface area contributed by atoms with Crippen molar-refractivity contribution < 1.29 is 9.53 Å². The number of benzene rings is 2. The smallest absolute Gasteiger partial charge is 0.275 e. The Bertz CT molecular complexity index is 983. The summed E-state index contributed by atoms with van der Waals surface area (Å²) in [5.41, 5.74) is 0.429. The number of aromatic nitrogens is 2. The normalized spacial score (nSPS) is 10.7. The number of nitrogens with zero attached hydrogens (tertiary/aromatic N) is 2. The maximum Gasteiger partial charge on any atom is 0.275 e. The molecule has 0 atom stereocenters. The summed E-state index contributed by atoms with van der Waals surface area (Å²) in [4.78, 5) is 24.5. The minimum atomic E-state index is -0.297. The Kier molecular flexibility index (Phi) is 5.53. The summed E-state index contributed by atoms with van der Waals surface area (Å²) in [6, 6.07) is 14.2. The lowest BCUT2D eigenvalue weighted by Gasteiger charge is -2.10. The first-order valence-corrected chi connectivity index (χ1v) is 8.54. The van der Waals surface area contributed by atoms with Crippen molar-refractivity contribution in [1.29, 1.82) is 0 Å². The average molecular weight is 372 g/mol. The number of hydrogen-bond donors (Lipinski definition) is 1. The van der Waals surface area contributed by atoms with Gasteiger partial charge in [-0.3, -0.25) is 9.59 Å². The molecule has 0 unspecified atom stereocenters. The van der Waals surface area contributed by atoms with Crippen molar-refractivity contribution in [2.45, 2.75) is 13.5 Å². The number of carbonyl (C=O) groups is 1. The molecule has 6 nitrogen and oxygen atoms in total. The molecule has 0 spiro atoms. The molecule has 0 aliphatic rings. The molecule has 0 aliphatic carbocycles. The van der Waals surface area contributed by atoms with Gasteiger partial charge in [-0.1, -0.05) is 29.8 Å². The predicted molar refractivity (Wildman–Crippen MR) is 101 cm³/mol. The van der Waals surface area contributed by atoms with Crippen LogP contribution in [0.3, 0.4) is 0 Å². The lowest BCUT2D eigenvalue weighted by atomic mass is 10.1. The predicted octanol–water partition coefficient (Wildman–Crippen LogP) is 2.55. The lowest BCUT2D eigenvalue weighted by molar-refractivity contribution is -0.122. The number of fused-ring (bicyclic) bond motifs is 1. The van der Waals surface area contributed by atoms with Gasteiger partial charge in [-0.15, -0.1) is 0 Å². The summed E-state index contributed by atoms with van der Waals surface area (Å²) in [6.07, 6.45) is 0. The molecule has 1 heterocycles. The second-order valence-electron chi connectivity index (χ2n) is 5.75. The third-order valence-electron chi connectivity index (χ3n) is 3.85. The van der Waals surface area contributed by atoms with Crippen molar-refractivity contribution in [3.05, 3.63) is 69.6 Å². The Hall–Kier alpha value is -2.86. The number of carbonyl (C=O) groups excluding carboxylic acids is 1. The largest absolute Gasteiger partial charge is 0.492 e. The van der Waals surface area contributed by atoms with Gasteiger partial charge in [-0.2, -0.15) is 5.10 Å². The highest BCUT2D eigenvalue weighted by Crippen LogP contribution is 2.15. The second-order valence-corrected chi connectivity index (χ2v) is 6.18. The first kappa shape index (κ1) is 17.9. The number of amides is 1. The number of nitrogens with one attached hydrogen (secondary N) is 1. The van der Waals surface area contributed by atoms with E-state index in [1.165, 1.54) is 4.68 Å². The molecule has 0 bridgehead atoms. The maximum absolute atomic E-state index is 12.4. The highest BCUT2D eigenvalue weighted by molar-refractivity contribution is 6.30. The minimum Gasteiger partial charge on any atom is -0.492 e. The van der Waals surface area contributed by atoms with Crippen molar-refractivity contribution in [3.8, 4) is 5.75 Å². The topological polar surface area (TPSA) is 73.2 Å². The molecule has 26 heavy (non-hydrogen) atoms. The average Bonchev–Trinajstić information content (AvgIpc) is 2.64. The molecule has 1 amide bonds. The molecule has 7 heteroatoms. The Morgan fingerprint density at radius 3 is 2.58 bits per heavy atom. The number of rotatable bonds is 6. The molecular formula is C19H18ClN3O3. The first-order chi connectivity index (χ1) is 12.5. The zero-order chi connectivity index (χ0) is 18.5. The van der Waals surface area contributed by atoms with Crippen LogP contribution < -0.4 is 15.6 Å². The molecule has 0 saturated carbocycles. The summed E-state index contributed by atoms with van der Waals surface area (Å²) < 4.78 is 6.69. The zero-order valence-corrected chi connectivity index (χ0v) is 15.0. The van der Waals surface area contributed by atoms with Crippen molar-refractivity contribution >= 4 is 28.3 Å². The molecule has 3 aromatic rings. The van der Waals surface area contributed by atoms with Crippen LogP contribution in [0.1, 0.15) is 5.69 Å². The molecule has 3 rings (SSSR count). The monoisotopic (exact) mass is 371 g/mol. The van der Waals surface area contributed by atoms with Gasteiger partial charge >= 0.3 is 0 Å². The Balaban J connectivity index is 1.56. The third kappa shape index (κ3) is 4.21. The van der Waals surface area contributed by atoms with Gasteiger partial charge < -0.3 is 10.1 Å². The van der Waals surface area contributed by atoms with Crippen LogP contribution in [0.2, 0.25) is 5.02 Å². The van der Waals surface area contributed by atoms with E-state index in [0.717, 1.165) is 5.39 Å². The first-order valence-electron chi connectivity index (χ1n) is 8.16. The van der Waals surface area contributed by atoms with Crippen LogP contribution in [-0.2, 0) is 11.3 Å². The fraction of sp³-hybridized carbons (Fsp3) is 0.211. The molecule has 0 aliphatic heterocycles. The van der Waals surface area contributed by atoms with Crippen LogP contribution >= 0.6 is 11.6 Å². The molecule has 1 aromatic heterocycles. The maximum atomic E-state index is 12.4. The summed E-state index contributed by atoms with van der Waals surface area (Å²) in [5, 5.41) is 8.93. The summed E-state index contributed by atoms with van der Waals surface area (Å²) in [6.45, 7) is 2.32. The fourth-order valence-electron chi connectivity index (χ4n) is 2.59. The van der Waals surface area contributed by atoms with Crippen LogP contribution in [-0.4, -0.2) is 28.8 Å². The van der Waals surface area contributed by atoms with E-state index in [-0.39, 0.29) is 18.0 Å². The number of halogens is 1. The third-order valence-corrected chi connectivity index (χ3v) is 4.10. The van der Waals surface area contributed by atoms with Crippen LogP contribution in [0.4, 0.5) is 0 Å². The van der Waals surface area contributed by atoms with Gasteiger partial charge in [-0.25, -0.2) is 4.68 Å². The van der Waals surface area contributed by atoms with E-state index in [9.17, 15) is 9.59 Å². The Labute approximate surface area is 155 Å². The van der Waals surface area contributed by atoms with Gasteiger partial charge in [0.15, 0.2) is 0 Å². The Morgan fingerprint density at radius 2 is 1.85 bits per heavy atom. The number of hydrogen-bond acceptors (Lipinski definition) is 4. The van der Waals surface area contributed by atoms with E-state index in [2.05, 4.69) is 10.4 Å². The van der Waals surface area contributed by atoms with Gasteiger partial charge in [0.1, 0.15) is 18.9 Å². The number of aryl methyl sites for hydroxylation is 1. The molecule has 134 valence electrons. The minimum absolute atomic E-state index is 0.133. The molecule has 0 saturated heterocycles. The van der Waals surface area contributed by atoms with Gasteiger partial charge in [0.2, 0.25) is 5.91 Å². The van der Waals surface area contributed by atoms with E-state index in [4.69, 9.17) is 16.3 Å². The fourth-order valence-corrected chi connectivity index (χ4v) is 2.72. The van der Waals surface area contributed by atoms with Crippen molar-refractivity contribution in [3.63, 3.8) is 0 Å². The Morgan fingerprint density at radius 1 is 1.15 bits per heavy atom. The molecule has 0 radical (unpaired) electrons. The van der Waals surface area contributed by atoms with Crippen LogP contribution in [0, 0.1) is 6.92 Å². The highest BCUT2D eigenvalue weighted by Gasteiger charge is 2.10. The van der Waals surface area contributed by atoms with E-state index in [1.54, 1.807) is 36.4 Å². The van der Waals surface area contributed by atoms with Gasteiger partial charge in [0.05, 0.1) is 17.6 Å². The van der Waals surface area contributed by atoms with Gasteiger partial charge in [-0.05, 0) is 37.3 Å². The van der Waals surface area contributed by atoms with Crippen LogP contribution in [0.5, 0.6) is 5.75 Å². The molecule has 1 N–H and O–H groups in total. The van der Waals surface area contributed by atoms with E-state index >= 15 is 0 Å². The molecule has 2 aromatic carbocycles. The van der Waals surface area contributed by atoms with Gasteiger partial charge in [0.25, 0.3) is 5.56 Å².